The molecule has 5 heteroatoms. The smallest absolute Gasteiger partial charge is 0.414 e. The molecule has 0 N–H and O–H groups in total. The van der Waals surface area contributed by atoms with E-state index in [-0.39, 0.29) is 0 Å². The molecule has 0 aliphatic carbocycles. The van der Waals surface area contributed by atoms with Crippen LogP contribution in [0.2, 0.25) is 0 Å². The van der Waals surface area contributed by atoms with E-state index in [0.29, 0.717) is 17.7 Å². The first-order valence-electron chi connectivity index (χ1n) is 5.21. The Morgan fingerprint density at radius 3 is 2.47 bits per heavy atom. The van der Waals surface area contributed by atoms with Crippen molar-refractivity contribution in [2.45, 2.75) is 26.4 Å². The number of ether oxygens (including phenoxy) is 1. The number of hydrogen-bond acceptors (Lipinski definition) is 4. The molecule has 1 aromatic rings. The molecule has 1 aromatic heterocycles. The predicted molar refractivity (Wildman–Crippen MR) is 64.3 cm³/mol. The molecule has 5 nitrogen and oxygen atoms in total. The Balaban J connectivity index is 2.78. The van der Waals surface area contributed by atoms with Gasteiger partial charge in [-0.1, -0.05) is 0 Å². The molecule has 0 saturated heterocycles. The van der Waals surface area contributed by atoms with Crippen molar-refractivity contribution in [3.8, 4) is 0 Å². The van der Waals surface area contributed by atoms with Crippen molar-refractivity contribution in [1.29, 1.82) is 0 Å². The lowest BCUT2D eigenvalue weighted by Gasteiger charge is -2.24. The normalized spacial score (nSPS) is 10.8. The van der Waals surface area contributed by atoms with E-state index in [1.54, 1.807) is 40.0 Å². The van der Waals surface area contributed by atoms with Crippen LogP contribution in [0.3, 0.4) is 0 Å². The van der Waals surface area contributed by atoms with Gasteiger partial charge in [-0.25, -0.2) is 4.79 Å². The maximum atomic E-state index is 11.7. The van der Waals surface area contributed by atoms with E-state index in [4.69, 9.17) is 4.74 Å². The van der Waals surface area contributed by atoms with Gasteiger partial charge in [-0.2, -0.15) is 0 Å². The topological polar surface area (TPSA) is 59.5 Å². The number of aldehydes is 1. The van der Waals surface area contributed by atoms with Crippen LogP contribution in [0.25, 0.3) is 0 Å². The second kappa shape index (κ2) is 4.95. The van der Waals surface area contributed by atoms with E-state index in [1.807, 2.05) is 0 Å². The molecule has 1 amide bonds. The predicted octanol–water partition coefficient (Wildman–Crippen LogP) is 2.27. The molecular weight excluding hydrogens is 220 g/mol. The van der Waals surface area contributed by atoms with Crippen molar-refractivity contribution < 1.29 is 14.3 Å². The highest BCUT2D eigenvalue weighted by molar-refractivity contribution is 5.87. The minimum atomic E-state index is -0.540. The van der Waals surface area contributed by atoms with Gasteiger partial charge in [0.05, 0.1) is 11.9 Å². The number of carbonyl (C=O) groups is 2. The summed E-state index contributed by atoms with van der Waals surface area (Å²) in [6.45, 7) is 5.39. The van der Waals surface area contributed by atoms with Crippen LogP contribution < -0.4 is 4.90 Å². The summed E-state index contributed by atoms with van der Waals surface area (Å²) in [5, 5.41) is 0. The highest BCUT2D eigenvalue weighted by Crippen LogP contribution is 2.15. The monoisotopic (exact) mass is 236 g/mol. The van der Waals surface area contributed by atoms with Gasteiger partial charge in [0, 0.05) is 7.05 Å². The first-order valence-corrected chi connectivity index (χ1v) is 5.21. The molecular formula is C12H16N2O3. The molecule has 1 heterocycles. The summed E-state index contributed by atoms with van der Waals surface area (Å²) in [4.78, 5) is 27.4. The maximum absolute atomic E-state index is 11.7. The van der Waals surface area contributed by atoms with Gasteiger partial charge in [-0.05, 0) is 32.9 Å². The van der Waals surface area contributed by atoms with Gasteiger partial charge in [-0.15, -0.1) is 0 Å². The SMILES string of the molecule is CN(C(=O)OC(C)(C)C)c1ccc(C=O)nc1. The largest absolute Gasteiger partial charge is 0.443 e. The van der Waals surface area contributed by atoms with E-state index >= 15 is 0 Å². The molecule has 0 radical (unpaired) electrons. The zero-order valence-electron chi connectivity index (χ0n) is 10.4. The summed E-state index contributed by atoms with van der Waals surface area (Å²) in [6, 6.07) is 3.18. The van der Waals surface area contributed by atoms with E-state index in [9.17, 15) is 9.59 Å². The first kappa shape index (κ1) is 13.2. The lowest BCUT2D eigenvalue weighted by atomic mass is 10.2. The third-order valence-corrected chi connectivity index (χ3v) is 1.95. The Morgan fingerprint density at radius 2 is 2.06 bits per heavy atom. The van der Waals surface area contributed by atoms with Crippen LogP contribution in [0.5, 0.6) is 0 Å². The highest BCUT2D eigenvalue weighted by Gasteiger charge is 2.20. The third-order valence-electron chi connectivity index (χ3n) is 1.95. The summed E-state index contributed by atoms with van der Waals surface area (Å²) >= 11 is 0. The molecule has 0 unspecified atom stereocenters. The molecule has 0 spiro atoms. The molecule has 0 aliphatic heterocycles. The quantitative estimate of drug-likeness (QED) is 0.739. The Morgan fingerprint density at radius 1 is 1.41 bits per heavy atom. The van der Waals surface area contributed by atoms with Gasteiger partial charge < -0.3 is 4.74 Å². The van der Waals surface area contributed by atoms with Crippen LogP contribution >= 0.6 is 0 Å². The molecule has 1 rings (SSSR count). The van der Waals surface area contributed by atoms with E-state index in [1.165, 1.54) is 11.1 Å². The van der Waals surface area contributed by atoms with Crippen LogP contribution in [-0.4, -0.2) is 30.0 Å². The minimum absolute atomic E-state index is 0.325. The Kier molecular flexibility index (Phi) is 3.83. The fourth-order valence-electron chi connectivity index (χ4n) is 1.10. The van der Waals surface area contributed by atoms with Crippen molar-refractivity contribution in [2.75, 3.05) is 11.9 Å². The van der Waals surface area contributed by atoms with Crippen LogP contribution in [0, 0.1) is 0 Å². The highest BCUT2D eigenvalue weighted by atomic mass is 16.6. The molecule has 0 fully saturated rings. The van der Waals surface area contributed by atoms with Crippen molar-refractivity contribution in [1.82, 2.24) is 4.98 Å². The third kappa shape index (κ3) is 3.86. The van der Waals surface area contributed by atoms with Crippen molar-refractivity contribution >= 4 is 18.1 Å². The van der Waals surface area contributed by atoms with E-state index in [0.717, 1.165) is 0 Å². The summed E-state index contributed by atoms with van der Waals surface area (Å²) in [5.41, 5.74) is 0.359. The molecule has 0 aromatic carbocycles. The lowest BCUT2D eigenvalue weighted by molar-refractivity contribution is 0.0589. The number of anilines is 1. The number of nitrogens with zero attached hydrogens (tertiary/aromatic N) is 2. The molecule has 0 aliphatic rings. The van der Waals surface area contributed by atoms with E-state index in [2.05, 4.69) is 4.98 Å². The minimum Gasteiger partial charge on any atom is -0.443 e. The van der Waals surface area contributed by atoms with Gasteiger partial charge >= 0.3 is 6.09 Å². The van der Waals surface area contributed by atoms with Gasteiger partial charge in [0.2, 0.25) is 0 Å². The van der Waals surface area contributed by atoms with Crippen molar-refractivity contribution in [3.63, 3.8) is 0 Å². The summed E-state index contributed by atoms with van der Waals surface area (Å²) < 4.78 is 5.20. The van der Waals surface area contributed by atoms with Gasteiger partial charge in [0.25, 0.3) is 0 Å². The fourth-order valence-corrected chi connectivity index (χ4v) is 1.10. The number of amides is 1. The van der Waals surface area contributed by atoms with Crippen LogP contribution in [-0.2, 0) is 4.74 Å². The Labute approximate surface area is 100 Å². The fraction of sp³-hybridized carbons (Fsp3) is 0.417. The van der Waals surface area contributed by atoms with Crippen LogP contribution in [0.15, 0.2) is 18.3 Å². The van der Waals surface area contributed by atoms with Gasteiger partial charge in [0.1, 0.15) is 11.3 Å². The molecule has 92 valence electrons. The van der Waals surface area contributed by atoms with Crippen molar-refractivity contribution in [3.05, 3.63) is 24.0 Å². The summed E-state index contributed by atoms with van der Waals surface area (Å²) in [6.07, 6.45) is 1.64. The second-order valence-electron chi connectivity index (χ2n) is 4.60. The average Bonchev–Trinajstić information content (AvgIpc) is 2.26. The zero-order chi connectivity index (χ0) is 13.1. The van der Waals surface area contributed by atoms with E-state index < -0.39 is 11.7 Å². The molecule has 0 bridgehead atoms. The second-order valence-corrected chi connectivity index (χ2v) is 4.60. The first-order chi connectivity index (χ1) is 7.83. The molecule has 17 heavy (non-hydrogen) atoms. The van der Waals surface area contributed by atoms with Crippen molar-refractivity contribution in [2.24, 2.45) is 0 Å². The number of pyridine rings is 1. The maximum Gasteiger partial charge on any atom is 0.414 e. The molecule has 0 saturated carbocycles. The Bertz CT molecular complexity index is 407. The number of rotatable bonds is 2. The van der Waals surface area contributed by atoms with Crippen LogP contribution in [0.1, 0.15) is 31.3 Å². The van der Waals surface area contributed by atoms with Gasteiger partial charge in [0.15, 0.2) is 6.29 Å². The van der Waals surface area contributed by atoms with Gasteiger partial charge in [-0.3, -0.25) is 14.7 Å². The standard InChI is InChI=1S/C12H16N2O3/c1-12(2,3)17-11(16)14(4)10-6-5-9(8-15)13-7-10/h5-8H,1-4H3. The number of hydrogen-bond donors (Lipinski definition) is 0. The number of carbonyl (C=O) groups excluding carboxylic acids is 2. The number of aromatic nitrogens is 1. The summed E-state index contributed by atoms with van der Waals surface area (Å²) in [5.74, 6) is 0. The van der Waals surface area contributed by atoms with Crippen LogP contribution in [0.4, 0.5) is 10.5 Å². The average molecular weight is 236 g/mol. The Hall–Kier alpha value is -1.91. The lowest BCUT2D eigenvalue weighted by Crippen LogP contribution is -2.34. The molecule has 0 atom stereocenters. The zero-order valence-corrected chi connectivity index (χ0v) is 10.4. The summed E-state index contributed by atoms with van der Waals surface area (Å²) in [7, 11) is 1.59.